The summed E-state index contributed by atoms with van der Waals surface area (Å²) in [5.41, 5.74) is 0. The largest absolute Gasteiger partial charge is 0.469 e. The van der Waals surface area contributed by atoms with E-state index in [2.05, 4.69) is 14.2 Å². The summed E-state index contributed by atoms with van der Waals surface area (Å²) in [6.07, 6.45) is 4.13. The summed E-state index contributed by atoms with van der Waals surface area (Å²) in [6.45, 7) is 32.4. The van der Waals surface area contributed by atoms with Crippen molar-refractivity contribution in [3.8, 4) is 0 Å². The Morgan fingerprint density at radius 2 is 0.449 bits per heavy atom. The second kappa shape index (κ2) is 100. The summed E-state index contributed by atoms with van der Waals surface area (Å²) in [4.78, 5) is 254. The second-order valence-electron chi connectivity index (χ2n) is 30.7. The van der Waals surface area contributed by atoms with Crippen LogP contribution in [0.15, 0.2) is 0 Å². The van der Waals surface area contributed by atoms with E-state index in [9.17, 15) is 105 Å². The van der Waals surface area contributed by atoms with Crippen LogP contribution in [0.2, 0.25) is 0 Å². The van der Waals surface area contributed by atoms with Gasteiger partial charge in [0.05, 0.1) is 91.4 Å². The topological polar surface area (TPSA) is 626 Å². The first-order valence-electron chi connectivity index (χ1n) is 47.7. The Bertz CT molecular complexity index is 3580. The van der Waals surface area contributed by atoms with Crippen LogP contribution in [0.4, 0.5) is 0 Å². The Kier molecular flexibility index (Phi) is 97.7. The third-order valence-corrected chi connectivity index (χ3v) is 17.9. The van der Waals surface area contributed by atoms with Gasteiger partial charge in [-0.05, 0) is 39.5 Å². The normalized spacial score (nSPS) is 11.4. The zero-order valence-electron chi connectivity index (χ0n) is 88.6. The predicted molar refractivity (Wildman–Crippen MR) is 509 cm³/mol. The highest BCUT2D eigenvalue weighted by atomic mass is 16.6. The number of esters is 21. The summed E-state index contributed by atoms with van der Waals surface area (Å²) in [5, 5.41) is 0. The lowest BCUT2D eigenvalue weighted by molar-refractivity contribution is -0.158. The first kappa shape index (κ1) is 144. The van der Waals surface area contributed by atoms with E-state index < -0.39 is 49.0 Å². The van der Waals surface area contributed by atoms with E-state index >= 15 is 0 Å². The van der Waals surface area contributed by atoms with Gasteiger partial charge in [0.15, 0.2) is 19.0 Å². The smallest absolute Gasteiger partial charge is 0.344 e. The summed E-state index contributed by atoms with van der Waals surface area (Å²) in [5.74, 6) is -9.07. The number of Topliss-reactive ketones (excluding diaryl/α,β-unsaturated/α-hetero) is 1. The van der Waals surface area contributed by atoms with Crippen molar-refractivity contribution in [3.63, 3.8) is 0 Å². The summed E-state index contributed by atoms with van der Waals surface area (Å²) in [6, 6.07) is 0. The SMILES string of the molecule is CC(=O)COC(=O)CCN(CCOC(C)=O)CCOC(C)=O.CC(=O)OCCCCOC(=O)CCN(CCOC(C)=O)CCOC(C)=O.CC(=O)OCCN(CCOC(C)=O)CCC(=O)OCC1CCCO1.CCOCCOC(=O)CCN(CCOC(C)=O)CCOC(C)=O.COC(=O)CCN(CCOC(=O)COC(C)=O)CCOC(=O)COC(C)=O.COCCOCCOC(=O)CCN(CCOC(C)=O)CCOC(C)=O. The molecule has 1 aliphatic rings. The number of unbranched alkanes of at least 4 members (excludes halogenated alkanes) is 1. The molecule has 1 unspecified atom stereocenters. The number of carbonyl (C=O) groups is 22. The molecule has 0 radical (unpaired) electrons. The van der Waals surface area contributed by atoms with E-state index in [1.54, 1.807) is 16.9 Å². The number of carbonyl (C=O) groups excluding carboxylic acids is 22. The molecule has 0 spiro atoms. The first-order chi connectivity index (χ1) is 69.7. The molecular formula is C94H160N6O47. The van der Waals surface area contributed by atoms with Gasteiger partial charge in [0.25, 0.3) is 0 Å². The van der Waals surface area contributed by atoms with Crippen LogP contribution in [0.5, 0.6) is 0 Å². The highest BCUT2D eigenvalue weighted by molar-refractivity contribution is 5.80. The lowest BCUT2D eigenvalue weighted by Crippen LogP contribution is -2.34. The molecule has 53 heteroatoms. The van der Waals surface area contributed by atoms with Gasteiger partial charge in [-0.15, -0.1) is 0 Å². The standard InChI is InChI=1S/C17H29NO8.C16H25NO10.C16H29NO8.C16H27NO7.C15H27NO7.C14H23NO7/c1-14(19)23-10-4-5-11-26-17(22)6-7-18(8-12-24-15(2)20)9-13-25-16(3)21;1-12(18)26-10-15(21)24-8-6-17(5-4-14(20)23-3)7-9-25-16(22)11-27-13(2)19;1-14(18)23-8-6-17(7-9-24-15(2)19)5-4-16(20)25-13-12-22-11-10-21-3;1-13(18)21-10-7-17(8-11-22-14(2)19)6-5-16(20)24-12-15-4-3-9-23-15;1-4-20-11-12-23-15(19)5-6-16(7-9-21-13(2)17)8-10-22-14(3)18;1-11(16)10-22-14(19)4-5-15(6-8-20-12(2)17)7-9-21-13(3)18/h4-13H2,1-3H3;4-11H2,1-3H3;4-13H2,1-3H3;15H,3-12H2,1-2H3;4-12H2,1-3H3;4-10H2,1-3H3. The molecule has 1 rings (SSSR count). The maximum absolute atomic E-state index is 11.8. The van der Waals surface area contributed by atoms with E-state index in [-0.39, 0.29) is 265 Å². The Hall–Kier alpha value is -11.9. The minimum atomic E-state index is -0.703. The van der Waals surface area contributed by atoms with Gasteiger partial charge >= 0.3 is 125 Å². The molecule has 0 aliphatic carbocycles. The lowest BCUT2D eigenvalue weighted by atomic mass is 10.2. The van der Waals surface area contributed by atoms with Crippen molar-refractivity contribution >= 4 is 131 Å². The third kappa shape index (κ3) is 116. The molecule has 147 heavy (non-hydrogen) atoms. The monoisotopic (exact) mass is 2130 g/mol. The maximum Gasteiger partial charge on any atom is 0.344 e. The molecule has 1 fully saturated rings. The fraction of sp³-hybridized carbons (Fsp3) is 0.766. The minimum absolute atomic E-state index is 0.0112. The van der Waals surface area contributed by atoms with Crippen molar-refractivity contribution in [2.75, 3.05) is 304 Å². The molecule has 53 nitrogen and oxygen atoms in total. The quantitative estimate of drug-likeness (QED) is 0.0457. The second-order valence-corrected chi connectivity index (χ2v) is 30.7. The van der Waals surface area contributed by atoms with Crippen LogP contribution in [0.1, 0.15) is 168 Å². The third-order valence-electron chi connectivity index (χ3n) is 17.9. The zero-order valence-corrected chi connectivity index (χ0v) is 88.6. The summed E-state index contributed by atoms with van der Waals surface area (Å²) in [7, 11) is 2.85. The van der Waals surface area contributed by atoms with Crippen molar-refractivity contribution in [1.29, 1.82) is 0 Å². The van der Waals surface area contributed by atoms with E-state index in [0.717, 1.165) is 19.4 Å². The molecule has 1 atom stereocenters. The van der Waals surface area contributed by atoms with Crippen LogP contribution in [-0.2, 0) is 224 Å². The van der Waals surface area contributed by atoms with Gasteiger partial charge in [0.2, 0.25) is 0 Å². The number of hydrogen-bond acceptors (Lipinski definition) is 53. The number of hydrogen-bond donors (Lipinski definition) is 0. The zero-order chi connectivity index (χ0) is 112. The fourth-order valence-electron chi connectivity index (χ4n) is 10.7. The van der Waals surface area contributed by atoms with Crippen molar-refractivity contribution in [2.24, 2.45) is 0 Å². The van der Waals surface area contributed by atoms with Crippen molar-refractivity contribution < 1.29 is 224 Å². The molecule has 0 aromatic carbocycles. The van der Waals surface area contributed by atoms with E-state index in [1.165, 1.54) is 104 Å². The van der Waals surface area contributed by atoms with E-state index in [1.807, 2.05) is 26.5 Å². The predicted octanol–water partition coefficient (Wildman–Crippen LogP) is 0.614. The molecule has 0 aromatic rings. The van der Waals surface area contributed by atoms with Gasteiger partial charge in [-0.2, -0.15) is 0 Å². The summed E-state index contributed by atoms with van der Waals surface area (Å²) < 4.78 is 123. The fourth-order valence-corrected chi connectivity index (χ4v) is 10.7. The molecule has 0 amide bonds. The van der Waals surface area contributed by atoms with E-state index in [4.69, 9.17) is 104 Å². The van der Waals surface area contributed by atoms with E-state index in [0.29, 0.717) is 157 Å². The van der Waals surface area contributed by atoms with Crippen LogP contribution in [0.3, 0.4) is 0 Å². The van der Waals surface area contributed by atoms with Gasteiger partial charge in [-0.3, -0.25) is 125 Å². The maximum atomic E-state index is 11.8. The molecule has 0 bridgehead atoms. The van der Waals surface area contributed by atoms with Gasteiger partial charge in [0.1, 0.15) is 106 Å². The molecule has 1 saturated heterocycles. The van der Waals surface area contributed by atoms with Gasteiger partial charge in [-0.25, -0.2) is 9.59 Å². The van der Waals surface area contributed by atoms with Crippen LogP contribution >= 0.6 is 0 Å². The van der Waals surface area contributed by atoms with Crippen molar-refractivity contribution in [2.45, 2.75) is 174 Å². The lowest BCUT2D eigenvalue weighted by Gasteiger charge is -2.21. The van der Waals surface area contributed by atoms with Crippen LogP contribution in [-0.4, -0.2) is 470 Å². The number of ether oxygens (including phenoxy) is 25. The Morgan fingerprint density at radius 1 is 0.224 bits per heavy atom. The average molecular weight is 2130 g/mol. The van der Waals surface area contributed by atoms with Crippen LogP contribution in [0, 0.1) is 0 Å². The molecule has 0 saturated carbocycles. The highest BCUT2D eigenvalue weighted by Gasteiger charge is 2.22. The number of methoxy groups -OCH3 is 2. The first-order valence-corrected chi connectivity index (χ1v) is 47.7. The molecular weight excluding hydrogens is 1970 g/mol. The summed E-state index contributed by atoms with van der Waals surface area (Å²) >= 11 is 0. The highest BCUT2D eigenvalue weighted by Crippen LogP contribution is 2.13. The Labute approximate surface area is 859 Å². The number of nitrogens with zero attached hydrogens (tertiary/aromatic N) is 6. The van der Waals surface area contributed by atoms with Gasteiger partial charge in [0, 0.05) is 228 Å². The molecule has 0 aromatic heterocycles. The average Bonchev–Trinajstić information content (AvgIpc) is 1.70. The molecule has 1 heterocycles. The van der Waals surface area contributed by atoms with Crippen LogP contribution < -0.4 is 0 Å². The Balaban J connectivity index is -0.000000549. The van der Waals surface area contributed by atoms with Crippen molar-refractivity contribution in [3.05, 3.63) is 0 Å². The number of rotatable bonds is 77. The minimum Gasteiger partial charge on any atom is -0.469 e. The van der Waals surface area contributed by atoms with Crippen molar-refractivity contribution in [1.82, 2.24) is 29.4 Å². The van der Waals surface area contributed by atoms with Gasteiger partial charge in [-0.1, -0.05) is 0 Å². The van der Waals surface area contributed by atoms with Crippen LogP contribution in [0.25, 0.3) is 0 Å². The number of ketones is 1. The molecule has 1 aliphatic heterocycles. The van der Waals surface area contributed by atoms with Gasteiger partial charge < -0.3 is 118 Å². The Morgan fingerprint density at radius 3 is 0.694 bits per heavy atom. The molecule has 0 N–H and O–H groups in total. The molecule has 848 valence electrons.